The van der Waals surface area contributed by atoms with Crippen LogP contribution in [0.15, 0.2) is 72.8 Å². The van der Waals surface area contributed by atoms with Crippen LogP contribution in [0.4, 0.5) is 4.39 Å². The van der Waals surface area contributed by atoms with Gasteiger partial charge in [0.2, 0.25) is 0 Å². The van der Waals surface area contributed by atoms with Gasteiger partial charge in [-0.05, 0) is 43.0 Å². The summed E-state index contributed by atoms with van der Waals surface area (Å²) in [6.45, 7) is 5.44. The Bertz CT molecular complexity index is 643. The third-order valence-electron chi connectivity index (χ3n) is 3.65. The van der Waals surface area contributed by atoms with Gasteiger partial charge in [0.25, 0.3) is 0 Å². The zero-order valence-electron chi connectivity index (χ0n) is 14.0. The first kappa shape index (κ1) is 17.0. The molecule has 0 saturated heterocycles. The van der Waals surface area contributed by atoms with Crippen molar-refractivity contribution in [3.05, 3.63) is 83.9 Å². The normalized spacial score (nSPS) is 9.91. The summed E-state index contributed by atoms with van der Waals surface area (Å²) in [6.07, 6.45) is 0. The smallest absolute Gasteiger partial charge is 0.0866 e. The van der Waals surface area contributed by atoms with E-state index >= 15 is 0 Å². The molecule has 0 aliphatic rings. The van der Waals surface area contributed by atoms with Crippen LogP contribution in [0.5, 0.6) is 0 Å². The van der Waals surface area contributed by atoms with E-state index in [1.165, 1.54) is 40.3 Å². The highest BCUT2D eigenvalue weighted by Gasteiger charge is 2.00. The number of benzene rings is 3. The van der Waals surface area contributed by atoms with Gasteiger partial charge in [-0.1, -0.05) is 83.9 Å². The molecule has 0 bridgehead atoms. The lowest BCUT2D eigenvalue weighted by molar-refractivity contribution is 0.527. The first-order valence-corrected chi connectivity index (χ1v) is 7.94. The summed E-state index contributed by atoms with van der Waals surface area (Å²) in [5.41, 5.74) is 7.66. The second-order valence-corrected chi connectivity index (χ2v) is 5.58. The van der Waals surface area contributed by atoms with Gasteiger partial charge in [0.1, 0.15) is 0 Å². The second-order valence-electron chi connectivity index (χ2n) is 5.58. The maximum absolute atomic E-state index is 10.3. The lowest BCUT2D eigenvalue weighted by Gasteiger charge is -2.06. The lowest BCUT2D eigenvalue weighted by Crippen LogP contribution is -1.81. The van der Waals surface area contributed by atoms with E-state index < -0.39 is 0 Å². The minimum Gasteiger partial charge on any atom is -0.251 e. The van der Waals surface area contributed by atoms with E-state index in [1.54, 1.807) is 0 Å². The molecule has 0 nitrogen and oxygen atoms in total. The highest BCUT2D eigenvalue weighted by Crippen LogP contribution is 2.25. The van der Waals surface area contributed by atoms with Gasteiger partial charge in [-0.3, -0.25) is 4.39 Å². The standard InChI is InChI=1S/C20H18.C2H5F/c1-15-3-7-17(8-4-15)19-11-13-20(14-12-19)18-9-5-16(2)6-10-18;1-2-3/h3-14H,1-2H3;2H2,1H3. The number of hydrogen-bond donors (Lipinski definition) is 0. The van der Waals surface area contributed by atoms with Gasteiger partial charge in [0.15, 0.2) is 0 Å². The van der Waals surface area contributed by atoms with Gasteiger partial charge in [-0.2, -0.15) is 0 Å². The van der Waals surface area contributed by atoms with E-state index in [2.05, 4.69) is 86.6 Å². The lowest BCUT2D eigenvalue weighted by atomic mass is 9.99. The summed E-state index contributed by atoms with van der Waals surface area (Å²) >= 11 is 0. The fraction of sp³-hybridized carbons (Fsp3) is 0.182. The molecule has 0 unspecified atom stereocenters. The summed E-state index contributed by atoms with van der Waals surface area (Å²) in [4.78, 5) is 0. The summed E-state index contributed by atoms with van der Waals surface area (Å²) in [7, 11) is 0. The number of hydrogen-bond acceptors (Lipinski definition) is 0. The molecule has 0 fully saturated rings. The Labute approximate surface area is 138 Å². The Morgan fingerprint density at radius 1 is 0.522 bits per heavy atom. The van der Waals surface area contributed by atoms with Crippen molar-refractivity contribution >= 4 is 0 Å². The Kier molecular flexibility index (Phi) is 6.10. The van der Waals surface area contributed by atoms with Crippen LogP contribution in [0, 0.1) is 13.8 Å². The van der Waals surface area contributed by atoms with Gasteiger partial charge in [-0.25, -0.2) is 0 Å². The van der Waals surface area contributed by atoms with E-state index in [4.69, 9.17) is 0 Å². The van der Waals surface area contributed by atoms with E-state index in [0.717, 1.165) is 0 Å². The van der Waals surface area contributed by atoms with Crippen molar-refractivity contribution in [1.29, 1.82) is 0 Å². The molecule has 23 heavy (non-hydrogen) atoms. The van der Waals surface area contributed by atoms with Gasteiger partial charge < -0.3 is 0 Å². The molecule has 118 valence electrons. The van der Waals surface area contributed by atoms with Crippen LogP contribution in [0.1, 0.15) is 18.1 Å². The van der Waals surface area contributed by atoms with Gasteiger partial charge in [0.05, 0.1) is 6.67 Å². The maximum Gasteiger partial charge on any atom is 0.0866 e. The van der Waals surface area contributed by atoms with Crippen molar-refractivity contribution in [2.45, 2.75) is 20.8 Å². The van der Waals surface area contributed by atoms with E-state index in [1.807, 2.05) is 0 Å². The van der Waals surface area contributed by atoms with E-state index in [0.29, 0.717) is 0 Å². The topological polar surface area (TPSA) is 0 Å². The summed E-state index contributed by atoms with van der Waals surface area (Å²) in [5, 5.41) is 0. The first-order chi connectivity index (χ1) is 11.1. The second kappa shape index (κ2) is 8.28. The summed E-state index contributed by atoms with van der Waals surface area (Å²) in [6, 6.07) is 26.1. The molecule has 3 aromatic rings. The van der Waals surface area contributed by atoms with Crippen LogP contribution in [0.2, 0.25) is 0 Å². The van der Waals surface area contributed by atoms with Crippen molar-refractivity contribution in [3.8, 4) is 22.3 Å². The SMILES string of the molecule is CCF.Cc1ccc(-c2ccc(-c3ccc(C)cc3)cc2)cc1. The molecular formula is C22H23F. The van der Waals surface area contributed by atoms with Crippen LogP contribution in [-0.4, -0.2) is 6.67 Å². The molecule has 0 aromatic heterocycles. The quantitative estimate of drug-likeness (QED) is 0.499. The number of rotatable bonds is 2. The average Bonchev–Trinajstić information content (AvgIpc) is 2.57. The summed E-state index contributed by atoms with van der Waals surface area (Å²) in [5.74, 6) is 0. The fourth-order valence-corrected chi connectivity index (χ4v) is 2.35. The van der Waals surface area contributed by atoms with Gasteiger partial charge in [0, 0.05) is 0 Å². The molecule has 1 heteroatoms. The van der Waals surface area contributed by atoms with Crippen molar-refractivity contribution in [3.63, 3.8) is 0 Å². The molecule has 3 rings (SSSR count). The Balaban J connectivity index is 0.000000595. The van der Waals surface area contributed by atoms with Gasteiger partial charge in [-0.15, -0.1) is 0 Å². The molecule has 0 aliphatic heterocycles. The number of halogens is 1. The Hall–Kier alpha value is -2.41. The first-order valence-electron chi connectivity index (χ1n) is 7.94. The number of alkyl halides is 1. The van der Waals surface area contributed by atoms with Crippen molar-refractivity contribution in [1.82, 2.24) is 0 Å². The molecular weight excluding hydrogens is 283 g/mol. The van der Waals surface area contributed by atoms with Crippen LogP contribution < -0.4 is 0 Å². The van der Waals surface area contributed by atoms with Crippen LogP contribution in [-0.2, 0) is 0 Å². The van der Waals surface area contributed by atoms with Crippen LogP contribution in [0.3, 0.4) is 0 Å². The molecule has 0 atom stereocenters. The van der Waals surface area contributed by atoms with Crippen LogP contribution in [0.25, 0.3) is 22.3 Å². The molecule has 0 spiro atoms. The van der Waals surface area contributed by atoms with Crippen molar-refractivity contribution < 1.29 is 4.39 Å². The van der Waals surface area contributed by atoms with E-state index in [-0.39, 0.29) is 6.67 Å². The molecule has 0 N–H and O–H groups in total. The Morgan fingerprint density at radius 2 is 0.696 bits per heavy atom. The van der Waals surface area contributed by atoms with E-state index in [9.17, 15) is 4.39 Å². The average molecular weight is 306 g/mol. The highest BCUT2D eigenvalue weighted by molar-refractivity contribution is 5.70. The molecule has 0 amide bonds. The van der Waals surface area contributed by atoms with Gasteiger partial charge >= 0.3 is 0 Å². The van der Waals surface area contributed by atoms with Crippen molar-refractivity contribution in [2.24, 2.45) is 0 Å². The van der Waals surface area contributed by atoms with Crippen molar-refractivity contribution in [2.75, 3.05) is 6.67 Å². The predicted octanol–water partition coefficient (Wildman–Crippen LogP) is 6.61. The molecule has 0 saturated carbocycles. The highest BCUT2D eigenvalue weighted by atomic mass is 19.1. The molecule has 0 aliphatic carbocycles. The summed E-state index contributed by atoms with van der Waals surface area (Å²) < 4.78 is 10.3. The fourth-order valence-electron chi connectivity index (χ4n) is 2.35. The zero-order valence-corrected chi connectivity index (χ0v) is 14.0. The third kappa shape index (κ3) is 4.79. The minimum absolute atomic E-state index is 0.250. The third-order valence-corrected chi connectivity index (χ3v) is 3.65. The maximum atomic E-state index is 10.3. The van der Waals surface area contributed by atoms with Crippen LogP contribution >= 0.6 is 0 Å². The monoisotopic (exact) mass is 306 g/mol. The minimum atomic E-state index is -0.250. The predicted molar refractivity (Wildman–Crippen MR) is 98.4 cm³/mol. The number of aryl methyl sites for hydroxylation is 2. The zero-order chi connectivity index (χ0) is 16.7. The molecule has 3 aromatic carbocycles. The Morgan fingerprint density at radius 3 is 0.913 bits per heavy atom. The largest absolute Gasteiger partial charge is 0.251 e. The molecule has 0 heterocycles. The molecule has 0 radical (unpaired) electrons.